The van der Waals surface area contributed by atoms with Crippen LogP contribution in [0.5, 0.6) is 5.75 Å². The topological polar surface area (TPSA) is 101 Å². The molecule has 1 aromatic carbocycles. The molecule has 0 spiro atoms. The third kappa shape index (κ3) is 4.43. The molecule has 158 valence electrons. The fourth-order valence-corrected chi connectivity index (χ4v) is 5.19. The lowest BCUT2D eigenvalue weighted by atomic mass is 9.73. The Kier molecular flexibility index (Phi) is 7.17. The first-order valence-corrected chi connectivity index (χ1v) is 11.0. The molecule has 1 fully saturated rings. The van der Waals surface area contributed by atoms with Crippen molar-refractivity contribution < 1.29 is 9.53 Å². The number of Topliss-reactive ketones (excluding diaryl/α,β-unsaturated/α-hetero) is 1. The van der Waals surface area contributed by atoms with Crippen molar-refractivity contribution in [1.82, 2.24) is 0 Å². The van der Waals surface area contributed by atoms with Crippen molar-refractivity contribution in [1.29, 1.82) is 5.53 Å². The number of amidine groups is 1. The number of unbranched alkanes of at least 4 members (excludes halogenated alkanes) is 2. The Hall–Kier alpha value is -1.66. The molecule has 0 bridgehead atoms. The van der Waals surface area contributed by atoms with Crippen molar-refractivity contribution in [2.45, 2.75) is 64.7 Å². The van der Waals surface area contributed by atoms with Crippen LogP contribution < -0.4 is 10.6 Å². The minimum absolute atomic E-state index is 0.134. The van der Waals surface area contributed by atoms with E-state index in [1.807, 2.05) is 6.07 Å². The van der Waals surface area contributed by atoms with Gasteiger partial charge in [-0.05, 0) is 56.1 Å². The minimum atomic E-state index is -0.379. The van der Waals surface area contributed by atoms with E-state index in [4.69, 9.17) is 39.3 Å². The molecule has 0 radical (unpaired) electrons. The zero-order valence-electron chi connectivity index (χ0n) is 16.8. The minimum Gasteiger partial charge on any atom is -0.492 e. The summed E-state index contributed by atoms with van der Waals surface area (Å²) in [5.74, 6) is 6.58. The summed E-state index contributed by atoms with van der Waals surface area (Å²) in [4.78, 5) is 13.2. The molecule has 29 heavy (non-hydrogen) atoms. The first-order chi connectivity index (χ1) is 13.9. The van der Waals surface area contributed by atoms with Gasteiger partial charge in [0.25, 0.3) is 0 Å². The molecule has 0 amide bonds. The van der Waals surface area contributed by atoms with Crippen molar-refractivity contribution in [2.75, 3.05) is 6.61 Å². The van der Waals surface area contributed by atoms with Gasteiger partial charge in [0, 0.05) is 17.4 Å². The van der Waals surface area contributed by atoms with Crippen LogP contribution in [0.4, 0.5) is 0 Å². The van der Waals surface area contributed by atoms with Crippen molar-refractivity contribution in [3.63, 3.8) is 0 Å². The molecule has 1 atom stereocenters. The normalized spacial score (nSPS) is 22.2. The molecule has 6 nitrogen and oxygen atoms in total. The molecule has 3 N–H and O–H groups in total. The van der Waals surface area contributed by atoms with Gasteiger partial charge in [-0.1, -0.05) is 43.0 Å². The Morgan fingerprint density at radius 1 is 1.28 bits per heavy atom. The highest BCUT2D eigenvalue weighted by Gasteiger charge is 2.49. The summed E-state index contributed by atoms with van der Waals surface area (Å²) in [5, 5.41) is 7.35. The SMILES string of the molecule is CC1(C2CCCC2)Cc2cc(OCCCCCC(N=N)=NN)c(Cl)c(Cl)c2C1=O. The van der Waals surface area contributed by atoms with Crippen LogP contribution in [0.2, 0.25) is 10.0 Å². The number of hydrogen-bond acceptors (Lipinski definition) is 5. The molecule has 2 aliphatic carbocycles. The van der Waals surface area contributed by atoms with Gasteiger partial charge in [-0.3, -0.25) is 4.79 Å². The van der Waals surface area contributed by atoms with Crippen molar-refractivity contribution in [2.24, 2.45) is 27.4 Å². The number of nitrogens with zero attached hydrogens (tertiary/aromatic N) is 2. The van der Waals surface area contributed by atoms with E-state index in [2.05, 4.69) is 17.1 Å². The Labute approximate surface area is 181 Å². The maximum atomic E-state index is 13.2. The Morgan fingerprint density at radius 2 is 2.00 bits per heavy atom. The molecule has 1 saturated carbocycles. The molecule has 1 unspecified atom stereocenters. The number of halogens is 2. The second kappa shape index (κ2) is 9.43. The lowest BCUT2D eigenvalue weighted by Gasteiger charge is -2.29. The summed E-state index contributed by atoms with van der Waals surface area (Å²) in [6.07, 6.45) is 8.42. The Bertz CT molecular complexity index is 821. The fraction of sp³-hybridized carbons (Fsp3) is 0.619. The molecule has 0 heterocycles. The number of hydrazone groups is 1. The second-order valence-corrected chi connectivity index (χ2v) is 9.01. The number of rotatable bonds is 8. The van der Waals surface area contributed by atoms with Crippen LogP contribution in [0.3, 0.4) is 0 Å². The zero-order valence-corrected chi connectivity index (χ0v) is 18.3. The molecule has 8 heteroatoms. The van der Waals surface area contributed by atoms with E-state index in [0.717, 1.165) is 37.7 Å². The van der Waals surface area contributed by atoms with Crippen molar-refractivity contribution in [3.8, 4) is 5.75 Å². The van der Waals surface area contributed by atoms with Gasteiger partial charge in [0.1, 0.15) is 10.8 Å². The number of hydrogen-bond donors (Lipinski definition) is 2. The van der Waals surface area contributed by atoms with Crippen LogP contribution in [0, 0.1) is 16.9 Å². The maximum absolute atomic E-state index is 13.2. The number of ketones is 1. The summed E-state index contributed by atoms with van der Waals surface area (Å²) >= 11 is 13.0. The quantitative estimate of drug-likeness (QED) is 0.126. The van der Waals surface area contributed by atoms with Gasteiger partial charge in [-0.2, -0.15) is 5.10 Å². The Morgan fingerprint density at radius 3 is 2.66 bits per heavy atom. The highest BCUT2D eigenvalue weighted by molar-refractivity contribution is 6.45. The molecule has 0 aromatic heterocycles. The fourth-order valence-electron chi connectivity index (χ4n) is 4.69. The number of carbonyl (C=O) groups is 1. The third-order valence-corrected chi connectivity index (χ3v) is 7.24. The molecule has 2 aliphatic rings. The predicted molar refractivity (Wildman–Crippen MR) is 115 cm³/mol. The van der Waals surface area contributed by atoms with Crippen LogP contribution in [0.1, 0.15) is 74.2 Å². The van der Waals surface area contributed by atoms with Gasteiger partial charge in [-0.15, -0.1) is 5.11 Å². The number of ether oxygens (including phenoxy) is 1. The highest BCUT2D eigenvalue weighted by Crippen LogP contribution is 2.52. The summed E-state index contributed by atoms with van der Waals surface area (Å²) in [5.41, 5.74) is 8.09. The van der Waals surface area contributed by atoms with E-state index in [1.165, 1.54) is 12.8 Å². The average molecular weight is 439 g/mol. The summed E-state index contributed by atoms with van der Waals surface area (Å²) in [6.45, 7) is 2.58. The van der Waals surface area contributed by atoms with Crippen LogP contribution in [0.15, 0.2) is 16.3 Å². The summed E-state index contributed by atoms with van der Waals surface area (Å²) < 4.78 is 5.89. The lowest BCUT2D eigenvalue weighted by molar-refractivity contribution is 0.0744. The predicted octanol–water partition coefficient (Wildman–Crippen LogP) is 6.17. The first kappa shape index (κ1) is 22.0. The van der Waals surface area contributed by atoms with Crippen molar-refractivity contribution >= 4 is 34.8 Å². The number of carbonyl (C=O) groups excluding carboxylic acids is 1. The second-order valence-electron chi connectivity index (χ2n) is 8.26. The van der Waals surface area contributed by atoms with Crippen LogP contribution in [-0.2, 0) is 6.42 Å². The monoisotopic (exact) mass is 438 g/mol. The van der Waals surface area contributed by atoms with E-state index < -0.39 is 0 Å². The number of benzene rings is 1. The van der Waals surface area contributed by atoms with Crippen LogP contribution >= 0.6 is 23.2 Å². The summed E-state index contributed by atoms with van der Waals surface area (Å²) in [6, 6.07) is 1.90. The zero-order chi connectivity index (χ0) is 21.0. The smallest absolute Gasteiger partial charge is 0.171 e. The van der Waals surface area contributed by atoms with Gasteiger partial charge < -0.3 is 10.6 Å². The standard InChI is InChI=1S/C21H28Cl2N4O2/c1-21(14-7-4-5-8-14)12-13-11-15(18(22)19(23)17(13)20(21)28)29-10-6-2-3-9-16(26-24)27-25/h11,14,24H,2-10,12,25H2,1H3. The highest BCUT2D eigenvalue weighted by atomic mass is 35.5. The van der Waals surface area contributed by atoms with Gasteiger partial charge in [0.15, 0.2) is 11.6 Å². The third-order valence-electron chi connectivity index (χ3n) is 6.40. The van der Waals surface area contributed by atoms with E-state index in [9.17, 15) is 4.79 Å². The average Bonchev–Trinajstić information content (AvgIpc) is 3.33. The molecule has 3 rings (SSSR count). The molecule has 0 aliphatic heterocycles. The van der Waals surface area contributed by atoms with E-state index in [-0.39, 0.29) is 11.2 Å². The van der Waals surface area contributed by atoms with Gasteiger partial charge >= 0.3 is 0 Å². The van der Waals surface area contributed by atoms with Gasteiger partial charge in [0.2, 0.25) is 0 Å². The first-order valence-electron chi connectivity index (χ1n) is 10.2. The van der Waals surface area contributed by atoms with E-state index in [0.29, 0.717) is 52.6 Å². The summed E-state index contributed by atoms with van der Waals surface area (Å²) in [7, 11) is 0. The lowest BCUT2D eigenvalue weighted by Crippen LogP contribution is -2.32. The molecule has 1 aromatic rings. The van der Waals surface area contributed by atoms with Crippen LogP contribution in [-0.4, -0.2) is 18.2 Å². The van der Waals surface area contributed by atoms with E-state index in [1.54, 1.807) is 0 Å². The Balaban J connectivity index is 1.63. The van der Waals surface area contributed by atoms with Crippen LogP contribution in [0.25, 0.3) is 0 Å². The largest absolute Gasteiger partial charge is 0.492 e. The number of fused-ring (bicyclic) bond motifs is 1. The molecule has 0 saturated heterocycles. The van der Waals surface area contributed by atoms with Gasteiger partial charge in [-0.25, -0.2) is 5.53 Å². The maximum Gasteiger partial charge on any atom is 0.171 e. The van der Waals surface area contributed by atoms with Crippen molar-refractivity contribution in [3.05, 3.63) is 27.2 Å². The number of nitrogens with one attached hydrogen (secondary N) is 1. The van der Waals surface area contributed by atoms with Gasteiger partial charge in [0.05, 0.1) is 11.6 Å². The number of nitrogens with two attached hydrogens (primary N) is 1. The van der Waals surface area contributed by atoms with E-state index >= 15 is 0 Å². The molecular weight excluding hydrogens is 411 g/mol. The molecular formula is C21H28Cl2N4O2.